The van der Waals surface area contributed by atoms with Crippen molar-refractivity contribution in [2.24, 2.45) is 0 Å². The molecule has 2 rings (SSSR count). The highest BCUT2D eigenvalue weighted by atomic mass is 35.5. The Kier molecular flexibility index (Phi) is 4.66. The lowest BCUT2D eigenvalue weighted by Gasteiger charge is -2.26. The third-order valence-electron chi connectivity index (χ3n) is 2.92. The van der Waals surface area contributed by atoms with Crippen molar-refractivity contribution >= 4 is 23.0 Å². The number of nitrogens with zero attached hydrogens (tertiary/aromatic N) is 1. The molecule has 4 heteroatoms. The van der Waals surface area contributed by atoms with E-state index in [0.29, 0.717) is 23.8 Å². The lowest BCUT2D eigenvalue weighted by molar-refractivity contribution is 0.301. The normalized spacial score (nSPS) is 10.4. The van der Waals surface area contributed by atoms with Crippen molar-refractivity contribution in [1.82, 2.24) is 0 Å². The van der Waals surface area contributed by atoms with Crippen LogP contribution in [-0.2, 0) is 6.54 Å². The molecular weight excluding hydrogens is 260 g/mol. The maximum Gasteiger partial charge on any atom is 0.0792 e. The molecule has 0 amide bonds. The number of aliphatic hydroxyl groups is 1. The number of benzene rings is 2. The Balaban J connectivity index is 2.30. The fourth-order valence-electron chi connectivity index (χ4n) is 2.06. The van der Waals surface area contributed by atoms with Crippen LogP contribution in [0.3, 0.4) is 0 Å². The molecule has 0 saturated heterocycles. The van der Waals surface area contributed by atoms with E-state index in [2.05, 4.69) is 0 Å². The first kappa shape index (κ1) is 13.7. The zero-order chi connectivity index (χ0) is 13.7. The summed E-state index contributed by atoms with van der Waals surface area (Å²) in [5.74, 6) is 0. The van der Waals surface area contributed by atoms with Gasteiger partial charge in [-0.25, -0.2) is 0 Å². The van der Waals surface area contributed by atoms with Gasteiger partial charge in [0.05, 0.1) is 23.0 Å². The van der Waals surface area contributed by atoms with Crippen LogP contribution < -0.4 is 10.6 Å². The lowest BCUT2D eigenvalue weighted by Crippen LogP contribution is -2.27. The van der Waals surface area contributed by atoms with Gasteiger partial charge in [-0.2, -0.15) is 0 Å². The van der Waals surface area contributed by atoms with Crippen molar-refractivity contribution in [1.29, 1.82) is 0 Å². The Labute approximate surface area is 118 Å². The van der Waals surface area contributed by atoms with Crippen LogP contribution in [0.1, 0.15) is 5.56 Å². The van der Waals surface area contributed by atoms with Crippen molar-refractivity contribution in [3.05, 3.63) is 59.1 Å². The predicted molar refractivity (Wildman–Crippen MR) is 80.4 cm³/mol. The number of aliphatic hydroxyl groups excluding tert-OH is 1. The summed E-state index contributed by atoms with van der Waals surface area (Å²) < 4.78 is 0. The fourth-order valence-corrected chi connectivity index (χ4v) is 2.36. The Morgan fingerprint density at radius 3 is 2.42 bits per heavy atom. The first-order valence-electron chi connectivity index (χ1n) is 6.16. The van der Waals surface area contributed by atoms with Crippen LogP contribution in [0, 0.1) is 0 Å². The summed E-state index contributed by atoms with van der Waals surface area (Å²) in [6.45, 7) is 1.20. The van der Waals surface area contributed by atoms with E-state index >= 15 is 0 Å². The summed E-state index contributed by atoms with van der Waals surface area (Å²) in [6, 6.07) is 15.5. The highest BCUT2D eigenvalue weighted by Gasteiger charge is 2.13. The largest absolute Gasteiger partial charge is 0.397 e. The summed E-state index contributed by atoms with van der Waals surface area (Å²) in [6.07, 6.45) is 0. The first-order chi connectivity index (χ1) is 9.22. The maximum absolute atomic E-state index is 9.23. The summed E-state index contributed by atoms with van der Waals surface area (Å²) in [4.78, 5) is 1.99. The van der Waals surface area contributed by atoms with Gasteiger partial charge in [0.25, 0.3) is 0 Å². The summed E-state index contributed by atoms with van der Waals surface area (Å²) in [7, 11) is 0. The van der Waals surface area contributed by atoms with E-state index in [1.165, 1.54) is 0 Å². The number of nitrogens with two attached hydrogens (primary N) is 1. The zero-order valence-electron chi connectivity index (χ0n) is 10.6. The van der Waals surface area contributed by atoms with E-state index < -0.39 is 0 Å². The van der Waals surface area contributed by atoms with Gasteiger partial charge in [-0.15, -0.1) is 0 Å². The van der Waals surface area contributed by atoms with Gasteiger partial charge >= 0.3 is 0 Å². The Morgan fingerprint density at radius 1 is 1.05 bits per heavy atom. The number of rotatable bonds is 5. The first-order valence-corrected chi connectivity index (χ1v) is 6.54. The third-order valence-corrected chi connectivity index (χ3v) is 3.23. The highest BCUT2D eigenvalue weighted by Crippen LogP contribution is 2.32. The molecule has 2 aromatic rings. The molecule has 3 nitrogen and oxygen atoms in total. The highest BCUT2D eigenvalue weighted by molar-refractivity contribution is 6.34. The average molecular weight is 277 g/mol. The van der Waals surface area contributed by atoms with Gasteiger partial charge in [-0.1, -0.05) is 48.0 Å². The van der Waals surface area contributed by atoms with E-state index in [9.17, 15) is 5.11 Å². The number of para-hydroxylation sites is 1. The molecule has 0 heterocycles. The minimum absolute atomic E-state index is 0.0531. The number of halogens is 1. The van der Waals surface area contributed by atoms with Crippen LogP contribution in [0.2, 0.25) is 5.02 Å². The molecule has 0 aliphatic heterocycles. The van der Waals surface area contributed by atoms with Gasteiger partial charge in [0.2, 0.25) is 0 Å². The maximum atomic E-state index is 9.23. The van der Waals surface area contributed by atoms with Crippen LogP contribution in [0.4, 0.5) is 11.4 Å². The molecule has 0 bridgehead atoms. The van der Waals surface area contributed by atoms with Crippen molar-refractivity contribution < 1.29 is 5.11 Å². The zero-order valence-corrected chi connectivity index (χ0v) is 11.3. The molecule has 0 unspecified atom stereocenters. The van der Waals surface area contributed by atoms with E-state index in [1.54, 1.807) is 0 Å². The number of hydrogen-bond acceptors (Lipinski definition) is 3. The predicted octanol–water partition coefficient (Wildman–Crippen LogP) is 2.92. The molecule has 0 fully saturated rings. The lowest BCUT2D eigenvalue weighted by atomic mass is 10.2. The standard InChI is InChI=1S/C15H17ClN2O/c16-13-7-4-8-14(17)15(13)18(9-10-19)11-12-5-2-1-3-6-12/h1-8,19H,9-11,17H2. The molecule has 0 spiro atoms. The van der Waals surface area contributed by atoms with Crippen molar-refractivity contribution in [2.45, 2.75) is 6.54 Å². The fraction of sp³-hybridized carbons (Fsp3) is 0.200. The minimum atomic E-state index is 0.0531. The number of hydrogen-bond donors (Lipinski definition) is 2. The second kappa shape index (κ2) is 6.45. The van der Waals surface area contributed by atoms with Crippen LogP contribution in [0.5, 0.6) is 0 Å². The third kappa shape index (κ3) is 3.40. The molecule has 19 heavy (non-hydrogen) atoms. The van der Waals surface area contributed by atoms with Crippen LogP contribution in [0.25, 0.3) is 0 Å². The monoisotopic (exact) mass is 276 g/mol. The average Bonchev–Trinajstić information content (AvgIpc) is 2.40. The van der Waals surface area contributed by atoms with Crippen LogP contribution >= 0.6 is 11.6 Å². The Morgan fingerprint density at radius 2 is 1.79 bits per heavy atom. The van der Waals surface area contributed by atoms with Crippen molar-refractivity contribution in [3.8, 4) is 0 Å². The smallest absolute Gasteiger partial charge is 0.0792 e. The summed E-state index contributed by atoms with van der Waals surface area (Å²) >= 11 is 6.22. The molecular formula is C15H17ClN2O. The number of anilines is 2. The van der Waals surface area contributed by atoms with E-state index in [-0.39, 0.29) is 6.61 Å². The van der Waals surface area contributed by atoms with Crippen LogP contribution in [0.15, 0.2) is 48.5 Å². The van der Waals surface area contributed by atoms with Gasteiger partial charge in [-0.05, 0) is 17.7 Å². The molecule has 100 valence electrons. The van der Waals surface area contributed by atoms with Gasteiger partial charge in [0.1, 0.15) is 0 Å². The Bertz CT molecular complexity index is 511. The molecule has 0 aliphatic rings. The molecule has 0 radical (unpaired) electrons. The minimum Gasteiger partial charge on any atom is -0.397 e. The van der Waals surface area contributed by atoms with Crippen molar-refractivity contribution in [3.63, 3.8) is 0 Å². The van der Waals surface area contributed by atoms with E-state index in [1.807, 2.05) is 53.4 Å². The molecule has 0 aromatic heterocycles. The summed E-state index contributed by atoms with van der Waals surface area (Å²) in [5, 5.41) is 9.83. The van der Waals surface area contributed by atoms with Gasteiger partial charge in [0, 0.05) is 13.1 Å². The topological polar surface area (TPSA) is 49.5 Å². The molecule has 2 aromatic carbocycles. The Hall–Kier alpha value is -1.71. The van der Waals surface area contributed by atoms with Gasteiger partial charge in [0.15, 0.2) is 0 Å². The van der Waals surface area contributed by atoms with E-state index in [4.69, 9.17) is 17.3 Å². The molecule has 0 saturated carbocycles. The number of nitrogen functional groups attached to an aromatic ring is 1. The van der Waals surface area contributed by atoms with Crippen LogP contribution in [-0.4, -0.2) is 18.3 Å². The van der Waals surface area contributed by atoms with E-state index in [0.717, 1.165) is 11.3 Å². The van der Waals surface area contributed by atoms with Crippen molar-refractivity contribution in [2.75, 3.05) is 23.8 Å². The molecule has 0 aliphatic carbocycles. The molecule has 3 N–H and O–H groups in total. The quantitative estimate of drug-likeness (QED) is 0.826. The second-order valence-corrected chi connectivity index (χ2v) is 4.72. The van der Waals surface area contributed by atoms with Gasteiger partial charge < -0.3 is 15.7 Å². The second-order valence-electron chi connectivity index (χ2n) is 4.31. The summed E-state index contributed by atoms with van der Waals surface area (Å²) in [5.41, 5.74) is 8.55. The SMILES string of the molecule is Nc1cccc(Cl)c1N(CCO)Cc1ccccc1. The molecule has 0 atom stereocenters. The van der Waals surface area contributed by atoms with Gasteiger partial charge in [-0.3, -0.25) is 0 Å².